The molecule has 1 unspecified atom stereocenters. The Morgan fingerprint density at radius 2 is 2.12 bits per heavy atom. The summed E-state index contributed by atoms with van der Waals surface area (Å²) in [4.78, 5) is 30.1. The van der Waals surface area contributed by atoms with Gasteiger partial charge >= 0.3 is 59.1 Å². The molecule has 3 rings (SSSR count). The van der Waals surface area contributed by atoms with Gasteiger partial charge in [-0.15, -0.1) is 0 Å². The van der Waals surface area contributed by atoms with E-state index in [1.54, 1.807) is 0 Å². The van der Waals surface area contributed by atoms with E-state index in [-0.39, 0.29) is 76.2 Å². The molecule has 1 saturated heterocycles. The van der Waals surface area contributed by atoms with Crippen LogP contribution in [0.5, 0.6) is 5.88 Å². The van der Waals surface area contributed by atoms with Crippen molar-refractivity contribution >= 4 is 24.9 Å². The predicted molar refractivity (Wildman–Crippen MR) is 69.8 cm³/mol. The fourth-order valence-corrected chi connectivity index (χ4v) is 2.66. The van der Waals surface area contributed by atoms with Gasteiger partial charge in [0, 0.05) is 5.88 Å². The third-order valence-corrected chi connectivity index (χ3v) is 3.85. The van der Waals surface area contributed by atoms with E-state index in [0.717, 1.165) is 10.9 Å². The minimum atomic E-state index is -5.06. The van der Waals surface area contributed by atoms with Gasteiger partial charge < -0.3 is 35.0 Å². The van der Waals surface area contributed by atoms with Gasteiger partial charge in [0.15, 0.2) is 18.0 Å². The van der Waals surface area contributed by atoms with Gasteiger partial charge in [0.2, 0.25) is 5.95 Å². The number of hydrogen-bond acceptors (Lipinski definition) is 10. The number of alkyl halides is 1. The van der Waals surface area contributed by atoms with Gasteiger partial charge in [0.05, 0.1) is 12.9 Å². The number of phosphoric ester groups is 1. The van der Waals surface area contributed by atoms with Crippen LogP contribution >= 0.6 is 7.82 Å². The van der Waals surface area contributed by atoms with Crippen molar-refractivity contribution in [3.05, 3.63) is 6.33 Å². The molecule has 12 nitrogen and oxygen atoms in total. The van der Waals surface area contributed by atoms with Crippen molar-refractivity contribution in [2.24, 2.45) is 0 Å². The Labute approximate surface area is 189 Å². The van der Waals surface area contributed by atoms with Crippen LogP contribution in [0.1, 0.15) is 6.23 Å². The Kier molecular flexibility index (Phi) is 8.43. The van der Waals surface area contributed by atoms with E-state index in [0.29, 0.717) is 0 Å². The summed E-state index contributed by atoms with van der Waals surface area (Å²) in [5, 5.41) is 21.4. The molecule has 26 heavy (non-hydrogen) atoms. The molecule has 4 N–H and O–H groups in total. The summed E-state index contributed by atoms with van der Waals surface area (Å²) in [6.45, 7) is -0.800. The number of phosphoric acid groups is 1. The molecular formula is C10H11FN5Na2O7P. The zero-order chi connectivity index (χ0) is 17.6. The molecule has 1 fully saturated rings. The summed E-state index contributed by atoms with van der Waals surface area (Å²) < 4.78 is 35.2. The van der Waals surface area contributed by atoms with Gasteiger partial charge in [0.25, 0.3) is 7.82 Å². The average molecular weight is 409 g/mol. The maximum Gasteiger partial charge on any atom is 1.00 e. The Morgan fingerprint density at radius 1 is 1.46 bits per heavy atom. The monoisotopic (exact) mass is 409 g/mol. The molecule has 1 aliphatic rings. The number of nitrogens with two attached hydrogens (primary N) is 1. The van der Waals surface area contributed by atoms with Crippen LogP contribution in [-0.4, -0.2) is 54.5 Å². The Balaban J connectivity index is 0.00000169. The number of aliphatic hydroxyl groups excluding tert-OH is 1. The standard InChI is InChI=1S/C10H13FN5O7P.2Na/c11-4-6(17)3(1-22-24(19,20)21)23-9(4)16-2-13-5-7(16)14-10(12)15-8(5)18;;/h2-4,6,9,17H,1H2,(H2,19,20,21)(H3,12,14,15,18);;/q;2*+1/p-2/t3-,4-,6-,9-;;/m1../s1. The molecule has 0 spiro atoms. The van der Waals surface area contributed by atoms with Crippen molar-refractivity contribution in [1.82, 2.24) is 19.5 Å². The number of fused-ring (bicyclic) bond motifs is 1. The molecule has 0 aromatic carbocycles. The van der Waals surface area contributed by atoms with E-state index in [1.165, 1.54) is 0 Å². The van der Waals surface area contributed by atoms with Crippen LogP contribution in [0.25, 0.3) is 11.2 Å². The topological polar surface area (TPSA) is 192 Å². The number of anilines is 1. The normalized spacial score (nSPS) is 27.5. The molecule has 1 aliphatic heterocycles. The molecule has 0 amide bonds. The van der Waals surface area contributed by atoms with Crippen molar-refractivity contribution < 1.29 is 97.3 Å². The number of rotatable bonds is 4. The number of nitrogen functional groups attached to an aromatic ring is 1. The maximum atomic E-state index is 14.3. The second-order valence-corrected chi connectivity index (χ2v) is 6.17. The fourth-order valence-electron chi connectivity index (χ4n) is 2.33. The number of hydrogen-bond donors (Lipinski definition) is 3. The maximum absolute atomic E-state index is 14.3. The molecule has 0 radical (unpaired) electrons. The predicted octanol–water partition coefficient (Wildman–Crippen LogP) is -8.44. The SMILES string of the molecule is Nc1nc([O-])c2ncn([C@@H]3O[C@H](COP(=O)([O-])O)[C@@H](O)[C@H]3F)c2n1.[Na+].[Na+]. The number of aliphatic hydroxyl groups is 1. The first kappa shape index (κ1) is 24.1. The van der Waals surface area contributed by atoms with Gasteiger partial charge in [-0.05, 0) is 0 Å². The molecule has 2 aromatic heterocycles. The van der Waals surface area contributed by atoms with Crippen LogP contribution in [0.4, 0.5) is 10.3 Å². The minimum Gasteiger partial charge on any atom is -0.857 e. The molecule has 5 atom stereocenters. The molecule has 132 valence electrons. The van der Waals surface area contributed by atoms with Gasteiger partial charge in [0.1, 0.15) is 17.7 Å². The van der Waals surface area contributed by atoms with Crippen molar-refractivity contribution in [3.63, 3.8) is 0 Å². The second kappa shape index (κ2) is 9.07. The summed E-state index contributed by atoms with van der Waals surface area (Å²) >= 11 is 0. The first-order chi connectivity index (χ1) is 11.2. The van der Waals surface area contributed by atoms with Gasteiger partial charge in [-0.3, -0.25) is 9.13 Å². The average Bonchev–Trinajstić information content (AvgIpc) is 3.00. The quantitative estimate of drug-likeness (QED) is 0.321. The third-order valence-electron chi connectivity index (χ3n) is 3.38. The van der Waals surface area contributed by atoms with Crippen molar-refractivity contribution in [3.8, 4) is 5.88 Å². The van der Waals surface area contributed by atoms with Crippen molar-refractivity contribution in [2.75, 3.05) is 12.3 Å². The van der Waals surface area contributed by atoms with Gasteiger partial charge in [-0.25, -0.2) is 14.4 Å². The molecule has 0 bridgehead atoms. The molecule has 2 aromatic rings. The summed E-state index contributed by atoms with van der Waals surface area (Å²) in [5.41, 5.74) is 5.10. The fraction of sp³-hybridized carbons (Fsp3) is 0.500. The van der Waals surface area contributed by atoms with Crippen molar-refractivity contribution in [2.45, 2.75) is 24.6 Å². The van der Waals surface area contributed by atoms with Crippen LogP contribution in [-0.2, 0) is 13.8 Å². The molecule has 3 heterocycles. The van der Waals surface area contributed by atoms with Crippen LogP contribution in [0.15, 0.2) is 6.33 Å². The van der Waals surface area contributed by atoms with Crippen LogP contribution in [0, 0.1) is 0 Å². The first-order valence-electron chi connectivity index (χ1n) is 6.50. The Morgan fingerprint density at radius 3 is 2.73 bits per heavy atom. The van der Waals surface area contributed by atoms with E-state index in [4.69, 9.17) is 15.4 Å². The molecule has 0 saturated carbocycles. The zero-order valence-electron chi connectivity index (χ0n) is 13.7. The molecular weight excluding hydrogens is 398 g/mol. The third kappa shape index (κ3) is 4.93. The zero-order valence-corrected chi connectivity index (χ0v) is 18.6. The number of imidazole rings is 1. The summed E-state index contributed by atoms with van der Waals surface area (Å²) in [6.07, 6.45) is -5.55. The molecule has 0 aliphatic carbocycles. The van der Waals surface area contributed by atoms with Crippen LogP contribution in [0.3, 0.4) is 0 Å². The summed E-state index contributed by atoms with van der Waals surface area (Å²) in [6, 6.07) is 0. The van der Waals surface area contributed by atoms with Gasteiger partial charge in [-0.1, -0.05) is 0 Å². The Bertz CT molecular complexity index is 822. The number of halogens is 1. The van der Waals surface area contributed by atoms with Crippen LogP contribution < -0.4 is 74.8 Å². The summed E-state index contributed by atoms with van der Waals surface area (Å²) in [5.74, 6) is -1.12. The van der Waals surface area contributed by atoms with E-state index >= 15 is 0 Å². The van der Waals surface area contributed by atoms with E-state index in [9.17, 15) is 24.1 Å². The van der Waals surface area contributed by atoms with Crippen molar-refractivity contribution in [1.29, 1.82) is 0 Å². The van der Waals surface area contributed by atoms with Gasteiger partial charge in [-0.2, -0.15) is 4.98 Å². The van der Waals surface area contributed by atoms with E-state index < -0.39 is 44.9 Å². The Hall–Kier alpha value is 0.110. The largest absolute Gasteiger partial charge is 1.00 e. The molecule has 16 heteroatoms. The van der Waals surface area contributed by atoms with E-state index in [1.807, 2.05) is 0 Å². The smallest absolute Gasteiger partial charge is 0.857 e. The van der Waals surface area contributed by atoms with E-state index in [2.05, 4.69) is 19.5 Å². The number of ether oxygens (including phenoxy) is 1. The number of nitrogens with zero attached hydrogens (tertiary/aromatic N) is 4. The summed E-state index contributed by atoms with van der Waals surface area (Å²) in [7, 11) is -5.06. The minimum absolute atomic E-state index is 0. The van der Waals surface area contributed by atoms with Crippen LogP contribution in [0.2, 0.25) is 0 Å². The first-order valence-corrected chi connectivity index (χ1v) is 8.00. The number of aromatic nitrogens is 4. The second-order valence-electron chi connectivity index (χ2n) is 4.98.